The summed E-state index contributed by atoms with van der Waals surface area (Å²) in [5.41, 5.74) is -0.779. The van der Waals surface area contributed by atoms with Crippen LogP contribution in [0.3, 0.4) is 0 Å². The van der Waals surface area contributed by atoms with Gasteiger partial charge in [-0.05, 0) is 40.7 Å². The van der Waals surface area contributed by atoms with Crippen LogP contribution in [0.1, 0.15) is 51.1 Å². The van der Waals surface area contributed by atoms with Gasteiger partial charge in [0.25, 0.3) is 11.5 Å². The average molecular weight is 345 g/mol. The summed E-state index contributed by atoms with van der Waals surface area (Å²) in [6.07, 6.45) is 0. The molecule has 0 unspecified atom stereocenters. The first-order valence-electron chi connectivity index (χ1n) is 8.12. The van der Waals surface area contributed by atoms with Crippen molar-refractivity contribution < 1.29 is 14.3 Å². The molecule has 2 aromatic rings. The van der Waals surface area contributed by atoms with Gasteiger partial charge in [0.2, 0.25) is 0 Å². The van der Waals surface area contributed by atoms with E-state index in [9.17, 15) is 14.4 Å². The summed E-state index contributed by atoms with van der Waals surface area (Å²) < 4.78 is 6.43. The largest absolute Gasteiger partial charge is 0.459 e. The Bertz CT molecular complexity index is 863. The van der Waals surface area contributed by atoms with Crippen LogP contribution in [0.15, 0.2) is 29.1 Å². The molecule has 1 amide bonds. The molecule has 0 fully saturated rings. The highest BCUT2D eigenvalue weighted by atomic mass is 16.6. The Morgan fingerprint density at radius 1 is 1.20 bits per heavy atom. The highest BCUT2D eigenvalue weighted by molar-refractivity contribution is 6.05. The van der Waals surface area contributed by atoms with E-state index in [0.717, 1.165) is 0 Å². The van der Waals surface area contributed by atoms with Crippen LogP contribution in [0.2, 0.25) is 0 Å². The molecule has 0 aliphatic heterocycles. The lowest BCUT2D eigenvalue weighted by molar-refractivity contribution is -0.153. The Morgan fingerprint density at radius 3 is 2.36 bits per heavy atom. The molecule has 134 valence electrons. The van der Waals surface area contributed by atoms with E-state index in [1.165, 1.54) is 4.68 Å². The fourth-order valence-corrected chi connectivity index (χ4v) is 2.34. The van der Waals surface area contributed by atoms with Crippen LogP contribution in [0, 0.1) is 0 Å². The van der Waals surface area contributed by atoms with Gasteiger partial charge in [-0.2, -0.15) is 5.10 Å². The molecule has 7 heteroatoms. The molecule has 0 saturated heterocycles. The molecule has 0 atom stereocenters. The summed E-state index contributed by atoms with van der Waals surface area (Å²) in [5, 5.41) is 7.56. The van der Waals surface area contributed by atoms with Crippen LogP contribution in [0.25, 0.3) is 10.8 Å². The number of carbonyl (C=O) groups is 2. The Balaban J connectivity index is 2.33. The summed E-state index contributed by atoms with van der Waals surface area (Å²) in [5.74, 6) is -1.07. The van der Waals surface area contributed by atoms with Crippen LogP contribution >= 0.6 is 0 Å². The number of hydrogen-bond acceptors (Lipinski definition) is 5. The molecule has 0 radical (unpaired) electrons. The minimum absolute atomic E-state index is 0.104. The number of esters is 1. The van der Waals surface area contributed by atoms with E-state index in [2.05, 4.69) is 10.4 Å². The highest BCUT2D eigenvalue weighted by Gasteiger charge is 2.20. The lowest BCUT2D eigenvalue weighted by Gasteiger charge is -2.19. The molecule has 0 bridgehead atoms. The monoisotopic (exact) mass is 345 g/mol. The maximum atomic E-state index is 12.5. The SMILES string of the molecule is CC(C)n1nc(C(=O)NCC(=O)OC(C)(C)C)c2ccccc2c1=O. The van der Waals surface area contributed by atoms with E-state index in [1.807, 2.05) is 13.8 Å². The summed E-state index contributed by atoms with van der Waals surface area (Å²) in [4.78, 5) is 36.8. The number of amides is 1. The first-order chi connectivity index (χ1) is 11.6. The predicted octanol–water partition coefficient (Wildman–Crippen LogP) is 2.05. The van der Waals surface area contributed by atoms with Gasteiger partial charge < -0.3 is 10.1 Å². The molecule has 1 N–H and O–H groups in total. The van der Waals surface area contributed by atoms with Crippen molar-refractivity contribution in [2.45, 2.75) is 46.3 Å². The van der Waals surface area contributed by atoms with Gasteiger partial charge in [0.15, 0.2) is 5.69 Å². The maximum absolute atomic E-state index is 12.5. The number of fused-ring (bicyclic) bond motifs is 1. The van der Waals surface area contributed by atoms with Crippen LogP contribution in [-0.4, -0.2) is 33.8 Å². The summed E-state index contributed by atoms with van der Waals surface area (Å²) in [6.45, 7) is 8.60. The number of benzene rings is 1. The van der Waals surface area contributed by atoms with E-state index in [1.54, 1.807) is 45.0 Å². The zero-order chi connectivity index (χ0) is 18.8. The maximum Gasteiger partial charge on any atom is 0.325 e. The molecule has 2 rings (SSSR count). The third kappa shape index (κ3) is 4.43. The van der Waals surface area contributed by atoms with Crippen LogP contribution in [0.5, 0.6) is 0 Å². The Hall–Kier alpha value is -2.70. The summed E-state index contributed by atoms with van der Waals surface area (Å²) in [6, 6.07) is 6.58. The second-order valence-corrected chi connectivity index (χ2v) is 7.01. The minimum Gasteiger partial charge on any atom is -0.459 e. The normalized spacial score (nSPS) is 11.6. The molecule has 1 aromatic heterocycles. The fraction of sp³-hybridized carbons (Fsp3) is 0.444. The predicted molar refractivity (Wildman–Crippen MR) is 94.6 cm³/mol. The van der Waals surface area contributed by atoms with Gasteiger partial charge in [0, 0.05) is 5.39 Å². The third-order valence-electron chi connectivity index (χ3n) is 3.35. The van der Waals surface area contributed by atoms with Crippen LogP contribution in [0.4, 0.5) is 0 Å². The average Bonchev–Trinajstić information content (AvgIpc) is 2.51. The van der Waals surface area contributed by atoms with Crippen molar-refractivity contribution in [2.24, 2.45) is 0 Å². The molecule has 0 saturated carbocycles. The fourth-order valence-electron chi connectivity index (χ4n) is 2.34. The number of ether oxygens (including phenoxy) is 1. The third-order valence-corrected chi connectivity index (χ3v) is 3.35. The van der Waals surface area contributed by atoms with Crippen molar-refractivity contribution in [3.05, 3.63) is 40.3 Å². The van der Waals surface area contributed by atoms with Gasteiger partial charge in [-0.25, -0.2) is 4.68 Å². The van der Waals surface area contributed by atoms with Gasteiger partial charge in [-0.15, -0.1) is 0 Å². The van der Waals surface area contributed by atoms with E-state index in [-0.39, 0.29) is 23.8 Å². The van der Waals surface area contributed by atoms with Gasteiger partial charge in [0.05, 0.1) is 11.4 Å². The highest BCUT2D eigenvalue weighted by Crippen LogP contribution is 2.14. The van der Waals surface area contributed by atoms with E-state index >= 15 is 0 Å². The summed E-state index contributed by atoms with van der Waals surface area (Å²) >= 11 is 0. The number of nitrogens with zero attached hydrogens (tertiary/aromatic N) is 2. The van der Waals surface area contributed by atoms with Gasteiger partial charge in [0.1, 0.15) is 12.1 Å². The van der Waals surface area contributed by atoms with Crippen molar-refractivity contribution >= 4 is 22.6 Å². The van der Waals surface area contributed by atoms with Crippen molar-refractivity contribution in [2.75, 3.05) is 6.54 Å². The van der Waals surface area contributed by atoms with E-state index in [4.69, 9.17) is 4.74 Å². The lowest BCUT2D eigenvalue weighted by Crippen LogP contribution is -2.36. The van der Waals surface area contributed by atoms with Gasteiger partial charge in [-0.1, -0.05) is 18.2 Å². The standard InChI is InChI=1S/C18H23N3O4/c1-11(2)21-17(24)13-9-7-6-8-12(13)15(20-21)16(23)19-10-14(22)25-18(3,4)5/h6-9,11H,10H2,1-5H3,(H,19,23). The van der Waals surface area contributed by atoms with Gasteiger partial charge >= 0.3 is 5.97 Å². The Kier molecular flexibility index (Phi) is 5.25. The topological polar surface area (TPSA) is 90.3 Å². The number of carbonyl (C=O) groups excluding carboxylic acids is 2. The zero-order valence-electron chi connectivity index (χ0n) is 15.1. The minimum atomic E-state index is -0.627. The molecule has 7 nitrogen and oxygen atoms in total. The molecule has 0 aliphatic carbocycles. The Labute approximate surface area is 146 Å². The van der Waals surface area contributed by atoms with Crippen molar-refractivity contribution in [3.8, 4) is 0 Å². The molecule has 25 heavy (non-hydrogen) atoms. The molecule has 0 aliphatic rings. The summed E-state index contributed by atoms with van der Waals surface area (Å²) in [7, 11) is 0. The second kappa shape index (κ2) is 7.04. The number of nitrogens with one attached hydrogen (secondary N) is 1. The molecular formula is C18H23N3O4. The van der Waals surface area contributed by atoms with Crippen molar-refractivity contribution in [3.63, 3.8) is 0 Å². The smallest absolute Gasteiger partial charge is 0.325 e. The lowest BCUT2D eigenvalue weighted by atomic mass is 10.1. The number of aromatic nitrogens is 2. The molecule has 1 heterocycles. The van der Waals surface area contributed by atoms with Gasteiger partial charge in [-0.3, -0.25) is 14.4 Å². The second-order valence-electron chi connectivity index (χ2n) is 7.01. The molecule has 1 aromatic carbocycles. The first-order valence-corrected chi connectivity index (χ1v) is 8.12. The van der Waals surface area contributed by atoms with Crippen molar-refractivity contribution in [1.29, 1.82) is 0 Å². The quantitative estimate of drug-likeness (QED) is 0.857. The van der Waals surface area contributed by atoms with Crippen LogP contribution in [-0.2, 0) is 9.53 Å². The number of rotatable bonds is 4. The van der Waals surface area contributed by atoms with E-state index in [0.29, 0.717) is 10.8 Å². The zero-order valence-corrected chi connectivity index (χ0v) is 15.1. The molecule has 0 spiro atoms. The first kappa shape index (κ1) is 18.6. The van der Waals surface area contributed by atoms with Crippen LogP contribution < -0.4 is 10.9 Å². The molecular weight excluding hydrogens is 322 g/mol. The Morgan fingerprint density at radius 2 is 1.80 bits per heavy atom. The van der Waals surface area contributed by atoms with E-state index < -0.39 is 17.5 Å². The van der Waals surface area contributed by atoms with Crippen molar-refractivity contribution in [1.82, 2.24) is 15.1 Å². The number of hydrogen-bond donors (Lipinski definition) is 1.